The fraction of sp³-hybridized carbons (Fsp3) is 0.333. The van der Waals surface area contributed by atoms with Gasteiger partial charge in [0, 0.05) is 23.2 Å². The van der Waals surface area contributed by atoms with E-state index in [1.165, 1.54) is 4.31 Å². The second-order valence-electron chi connectivity index (χ2n) is 4.36. The Morgan fingerprint density at radius 3 is 2.72 bits per heavy atom. The van der Waals surface area contributed by atoms with Crippen LogP contribution in [0.2, 0.25) is 0 Å². The highest BCUT2D eigenvalue weighted by molar-refractivity contribution is 9.10. The first-order valence-corrected chi connectivity index (χ1v) is 7.85. The standard InChI is InChI=1S/C12H15BrN2O2S/c1-9-3-2-6-15(8-9)18(16,17)10-4-5-12(14)11(13)7-10/h3-5,7H,2,6,8,14H2,1H3. The van der Waals surface area contributed by atoms with Crippen molar-refractivity contribution in [1.82, 2.24) is 4.31 Å². The molecule has 4 nitrogen and oxygen atoms in total. The molecule has 0 spiro atoms. The maximum atomic E-state index is 12.4. The van der Waals surface area contributed by atoms with Crippen LogP contribution in [-0.4, -0.2) is 25.8 Å². The minimum absolute atomic E-state index is 0.276. The van der Waals surface area contributed by atoms with E-state index >= 15 is 0 Å². The van der Waals surface area contributed by atoms with Crippen molar-refractivity contribution in [2.24, 2.45) is 0 Å². The molecule has 0 aromatic heterocycles. The molecule has 1 aliphatic heterocycles. The summed E-state index contributed by atoms with van der Waals surface area (Å²) in [5.74, 6) is 0. The van der Waals surface area contributed by atoms with Crippen molar-refractivity contribution < 1.29 is 8.42 Å². The molecule has 0 fully saturated rings. The molecule has 0 unspecified atom stereocenters. The molecule has 2 N–H and O–H groups in total. The molecule has 1 aliphatic rings. The number of hydrogen-bond donors (Lipinski definition) is 1. The van der Waals surface area contributed by atoms with Crippen LogP contribution in [-0.2, 0) is 10.0 Å². The van der Waals surface area contributed by atoms with Crippen LogP contribution in [0.15, 0.2) is 39.2 Å². The lowest BCUT2D eigenvalue weighted by Crippen LogP contribution is -2.35. The van der Waals surface area contributed by atoms with Crippen molar-refractivity contribution in [3.8, 4) is 0 Å². The molecule has 1 aromatic carbocycles. The van der Waals surface area contributed by atoms with Gasteiger partial charge in [0.05, 0.1) is 4.90 Å². The predicted molar refractivity (Wildman–Crippen MR) is 75.7 cm³/mol. The predicted octanol–water partition coefficient (Wildman–Crippen LogP) is 2.37. The molecule has 6 heteroatoms. The van der Waals surface area contributed by atoms with Gasteiger partial charge in [-0.2, -0.15) is 4.31 Å². The highest BCUT2D eigenvalue weighted by atomic mass is 79.9. The number of nitrogens with zero attached hydrogens (tertiary/aromatic N) is 1. The van der Waals surface area contributed by atoms with Crippen LogP contribution in [0.25, 0.3) is 0 Å². The number of sulfonamides is 1. The van der Waals surface area contributed by atoms with Gasteiger partial charge in [-0.1, -0.05) is 11.6 Å². The van der Waals surface area contributed by atoms with Crippen LogP contribution in [0.1, 0.15) is 13.3 Å². The van der Waals surface area contributed by atoms with Gasteiger partial charge in [-0.05, 0) is 47.5 Å². The summed E-state index contributed by atoms with van der Waals surface area (Å²) in [6.07, 6.45) is 2.84. The molecule has 0 saturated carbocycles. The number of halogens is 1. The van der Waals surface area contributed by atoms with E-state index in [-0.39, 0.29) is 4.90 Å². The number of nitrogens with two attached hydrogens (primary N) is 1. The Kier molecular flexibility index (Phi) is 3.79. The van der Waals surface area contributed by atoms with Gasteiger partial charge in [-0.25, -0.2) is 8.42 Å². The Bertz CT molecular complexity index is 596. The third-order valence-electron chi connectivity index (χ3n) is 2.91. The molecule has 0 amide bonds. The van der Waals surface area contributed by atoms with Crippen LogP contribution in [0, 0.1) is 0 Å². The second-order valence-corrected chi connectivity index (χ2v) is 7.15. The molecule has 0 radical (unpaired) electrons. The number of hydrogen-bond acceptors (Lipinski definition) is 3. The van der Waals surface area contributed by atoms with E-state index in [1.54, 1.807) is 18.2 Å². The number of nitrogen functional groups attached to an aromatic ring is 1. The number of anilines is 1. The van der Waals surface area contributed by atoms with E-state index in [2.05, 4.69) is 22.0 Å². The summed E-state index contributed by atoms with van der Waals surface area (Å²) < 4.78 is 27.0. The summed E-state index contributed by atoms with van der Waals surface area (Å²) in [6, 6.07) is 4.70. The van der Waals surface area contributed by atoms with Crippen LogP contribution < -0.4 is 5.73 Å². The molecule has 0 aliphatic carbocycles. The molecule has 2 rings (SSSR count). The normalized spacial score (nSPS) is 17.6. The number of benzene rings is 1. The molecule has 18 heavy (non-hydrogen) atoms. The van der Waals surface area contributed by atoms with Crippen molar-refractivity contribution >= 4 is 31.6 Å². The van der Waals surface area contributed by atoms with Gasteiger partial charge in [0.25, 0.3) is 0 Å². The molecular weight excluding hydrogens is 316 g/mol. The molecule has 0 atom stereocenters. The molecule has 0 bridgehead atoms. The monoisotopic (exact) mass is 330 g/mol. The maximum absolute atomic E-state index is 12.4. The third-order valence-corrected chi connectivity index (χ3v) is 5.43. The fourth-order valence-corrected chi connectivity index (χ4v) is 3.95. The molecule has 1 heterocycles. The summed E-state index contributed by atoms with van der Waals surface area (Å²) >= 11 is 3.26. The molecule has 98 valence electrons. The Morgan fingerprint density at radius 1 is 1.39 bits per heavy atom. The van der Waals surface area contributed by atoms with Crippen molar-refractivity contribution in [2.45, 2.75) is 18.2 Å². The average molecular weight is 331 g/mol. The van der Waals surface area contributed by atoms with Gasteiger partial charge in [0.15, 0.2) is 0 Å². The highest BCUT2D eigenvalue weighted by Crippen LogP contribution is 2.26. The Balaban J connectivity index is 2.36. The zero-order valence-electron chi connectivity index (χ0n) is 10.1. The van der Waals surface area contributed by atoms with E-state index in [4.69, 9.17) is 5.73 Å². The molecule has 0 saturated heterocycles. The van der Waals surface area contributed by atoms with Gasteiger partial charge in [-0.3, -0.25) is 0 Å². The van der Waals surface area contributed by atoms with Crippen LogP contribution in [0.5, 0.6) is 0 Å². The largest absolute Gasteiger partial charge is 0.398 e. The maximum Gasteiger partial charge on any atom is 0.243 e. The van der Waals surface area contributed by atoms with Crippen molar-refractivity contribution in [3.05, 3.63) is 34.3 Å². The summed E-state index contributed by atoms with van der Waals surface area (Å²) in [6.45, 7) is 2.94. The zero-order chi connectivity index (χ0) is 13.3. The number of rotatable bonds is 2. The average Bonchev–Trinajstić information content (AvgIpc) is 2.32. The van der Waals surface area contributed by atoms with Crippen molar-refractivity contribution in [2.75, 3.05) is 18.8 Å². The summed E-state index contributed by atoms with van der Waals surface area (Å²) in [7, 11) is -3.43. The highest BCUT2D eigenvalue weighted by Gasteiger charge is 2.26. The quantitative estimate of drug-likeness (QED) is 0.668. The zero-order valence-corrected chi connectivity index (χ0v) is 12.5. The summed E-state index contributed by atoms with van der Waals surface area (Å²) in [5.41, 5.74) is 7.28. The Morgan fingerprint density at radius 2 is 2.11 bits per heavy atom. The third kappa shape index (κ3) is 2.60. The second kappa shape index (κ2) is 5.03. The van der Waals surface area contributed by atoms with Crippen LogP contribution in [0.3, 0.4) is 0 Å². The van der Waals surface area contributed by atoms with E-state index in [9.17, 15) is 8.42 Å². The summed E-state index contributed by atoms with van der Waals surface area (Å²) in [5, 5.41) is 0. The van der Waals surface area contributed by atoms with Crippen molar-refractivity contribution in [1.29, 1.82) is 0 Å². The van der Waals surface area contributed by atoms with Gasteiger partial charge >= 0.3 is 0 Å². The van der Waals surface area contributed by atoms with Gasteiger partial charge < -0.3 is 5.73 Å². The van der Waals surface area contributed by atoms with E-state index in [1.807, 2.05) is 6.92 Å². The minimum Gasteiger partial charge on any atom is -0.398 e. The fourth-order valence-electron chi connectivity index (χ4n) is 1.90. The minimum atomic E-state index is -3.43. The van der Waals surface area contributed by atoms with Gasteiger partial charge in [0.1, 0.15) is 0 Å². The van der Waals surface area contributed by atoms with Crippen LogP contribution >= 0.6 is 15.9 Å². The topological polar surface area (TPSA) is 63.4 Å². The lowest BCUT2D eigenvalue weighted by atomic mass is 10.2. The first-order chi connectivity index (χ1) is 8.41. The van der Waals surface area contributed by atoms with E-state index in [0.717, 1.165) is 12.0 Å². The van der Waals surface area contributed by atoms with E-state index < -0.39 is 10.0 Å². The Labute approximate surface area is 116 Å². The Hall–Kier alpha value is -0.850. The SMILES string of the molecule is CC1=CCCN(S(=O)(=O)c2ccc(N)c(Br)c2)C1. The van der Waals surface area contributed by atoms with Crippen molar-refractivity contribution in [3.63, 3.8) is 0 Å². The summed E-state index contributed by atoms with van der Waals surface area (Å²) in [4.78, 5) is 0.276. The first kappa shape index (κ1) is 13.6. The smallest absolute Gasteiger partial charge is 0.243 e. The van der Waals surface area contributed by atoms with Gasteiger partial charge in [-0.15, -0.1) is 0 Å². The molecular formula is C12H15BrN2O2S. The van der Waals surface area contributed by atoms with Gasteiger partial charge in [0.2, 0.25) is 10.0 Å². The molecule has 1 aromatic rings. The lowest BCUT2D eigenvalue weighted by molar-refractivity contribution is 0.428. The van der Waals surface area contributed by atoms with E-state index in [0.29, 0.717) is 23.2 Å². The lowest BCUT2D eigenvalue weighted by Gasteiger charge is -2.25. The first-order valence-electron chi connectivity index (χ1n) is 5.62. The van der Waals surface area contributed by atoms with Crippen LogP contribution in [0.4, 0.5) is 5.69 Å².